The Labute approximate surface area is 192 Å². The van der Waals surface area contributed by atoms with Gasteiger partial charge in [0, 0.05) is 49.5 Å². The number of carbonyl (C=O) groups is 1. The lowest BCUT2D eigenvalue weighted by Crippen LogP contribution is -2.37. The molecule has 0 bridgehead atoms. The van der Waals surface area contributed by atoms with Gasteiger partial charge < -0.3 is 29.5 Å². The second-order valence-corrected chi connectivity index (χ2v) is 8.02. The highest BCUT2D eigenvalue weighted by Crippen LogP contribution is 2.29. The Hall–Kier alpha value is -2.46. The molecule has 1 aromatic carbocycles. The molecule has 32 heavy (non-hydrogen) atoms. The van der Waals surface area contributed by atoms with Gasteiger partial charge in [-0.25, -0.2) is 14.8 Å². The number of methoxy groups -OCH3 is 1. The number of hydrogen-bond donors (Lipinski definition) is 2. The number of anilines is 1. The Morgan fingerprint density at radius 1 is 1.31 bits per heavy atom. The molecule has 1 aliphatic heterocycles. The molecule has 3 rings (SSSR count). The molecule has 0 saturated carbocycles. The number of rotatable bonds is 9. The van der Waals surface area contributed by atoms with E-state index < -0.39 is 12.1 Å². The lowest BCUT2D eigenvalue weighted by Gasteiger charge is -2.32. The summed E-state index contributed by atoms with van der Waals surface area (Å²) in [6.07, 6.45) is 1.07. The standard InChI is InChI=1S/C22H29ClN4O5/c1-24-12-17(28)13-32-18-9-14(8-15(23)10-18)21-25-19(22(29)30-3)11-20(26-21)27(2)16-4-6-31-7-5-16/h8-11,16-17,24,28H,4-7,12-13H2,1-3H3. The highest BCUT2D eigenvalue weighted by molar-refractivity contribution is 6.31. The first-order valence-electron chi connectivity index (χ1n) is 10.5. The van der Waals surface area contributed by atoms with Gasteiger partial charge in [0.1, 0.15) is 24.3 Å². The molecule has 1 fully saturated rings. The molecular formula is C22H29ClN4O5. The van der Waals surface area contributed by atoms with Crippen molar-refractivity contribution in [2.75, 3.05) is 52.5 Å². The maximum Gasteiger partial charge on any atom is 0.356 e. The van der Waals surface area contributed by atoms with Crippen LogP contribution in [0.25, 0.3) is 11.4 Å². The number of hydrogen-bond acceptors (Lipinski definition) is 9. The van der Waals surface area contributed by atoms with E-state index in [0.29, 0.717) is 47.7 Å². The third-order valence-electron chi connectivity index (χ3n) is 5.22. The molecule has 9 nitrogen and oxygen atoms in total. The third-order valence-corrected chi connectivity index (χ3v) is 5.44. The van der Waals surface area contributed by atoms with E-state index in [0.717, 1.165) is 12.8 Å². The quantitative estimate of drug-likeness (QED) is 0.540. The number of aromatic nitrogens is 2. The molecule has 1 aliphatic rings. The monoisotopic (exact) mass is 464 g/mol. The number of aliphatic hydroxyl groups is 1. The average Bonchev–Trinajstić information content (AvgIpc) is 2.82. The van der Waals surface area contributed by atoms with Crippen LogP contribution in [0.2, 0.25) is 5.02 Å². The number of likely N-dealkylation sites (N-methyl/N-ethyl adjacent to an activating group) is 1. The van der Waals surface area contributed by atoms with Crippen LogP contribution in [-0.2, 0) is 9.47 Å². The van der Waals surface area contributed by atoms with E-state index in [1.807, 2.05) is 11.9 Å². The summed E-state index contributed by atoms with van der Waals surface area (Å²) in [4.78, 5) is 23.4. The largest absolute Gasteiger partial charge is 0.491 e. The number of carbonyl (C=O) groups excluding carboxylic acids is 1. The van der Waals surface area contributed by atoms with Crippen LogP contribution in [0.4, 0.5) is 5.82 Å². The second kappa shape index (κ2) is 11.4. The van der Waals surface area contributed by atoms with Crippen molar-refractivity contribution in [1.82, 2.24) is 15.3 Å². The van der Waals surface area contributed by atoms with E-state index in [4.69, 9.17) is 30.8 Å². The fourth-order valence-electron chi connectivity index (χ4n) is 3.47. The first kappa shape index (κ1) is 24.2. The molecule has 1 aromatic heterocycles. The SMILES string of the molecule is CNCC(O)COc1cc(Cl)cc(-c2nc(C(=O)OC)cc(N(C)C3CCOCC3)n2)c1. The predicted molar refractivity (Wildman–Crippen MR) is 121 cm³/mol. The van der Waals surface area contributed by atoms with E-state index in [9.17, 15) is 9.90 Å². The van der Waals surface area contributed by atoms with Crippen molar-refractivity contribution in [1.29, 1.82) is 0 Å². The van der Waals surface area contributed by atoms with Crippen LogP contribution in [0.5, 0.6) is 5.75 Å². The van der Waals surface area contributed by atoms with Crippen molar-refractivity contribution in [3.8, 4) is 17.1 Å². The predicted octanol–water partition coefficient (Wildman–Crippen LogP) is 2.16. The zero-order valence-electron chi connectivity index (χ0n) is 18.5. The fraction of sp³-hybridized carbons (Fsp3) is 0.500. The molecule has 1 saturated heterocycles. The minimum Gasteiger partial charge on any atom is -0.491 e. The lowest BCUT2D eigenvalue weighted by atomic mass is 10.1. The number of benzene rings is 1. The topological polar surface area (TPSA) is 106 Å². The van der Waals surface area contributed by atoms with Gasteiger partial charge in [-0.05, 0) is 38.1 Å². The zero-order valence-corrected chi connectivity index (χ0v) is 19.3. The third kappa shape index (κ3) is 6.29. The van der Waals surface area contributed by atoms with Crippen LogP contribution >= 0.6 is 11.6 Å². The average molecular weight is 465 g/mol. The van der Waals surface area contributed by atoms with Gasteiger partial charge >= 0.3 is 5.97 Å². The Bertz CT molecular complexity index is 923. The van der Waals surface area contributed by atoms with E-state index in [2.05, 4.69) is 10.3 Å². The van der Waals surface area contributed by atoms with Crippen molar-refractivity contribution < 1.29 is 24.1 Å². The summed E-state index contributed by atoms with van der Waals surface area (Å²) < 4.78 is 16.0. The summed E-state index contributed by atoms with van der Waals surface area (Å²) in [6, 6.07) is 6.94. The van der Waals surface area contributed by atoms with E-state index in [1.165, 1.54) is 7.11 Å². The van der Waals surface area contributed by atoms with Gasteiger partial charge in [0.2, 0.25) is 0 Å². The molecule has 1 unspecified atom stereocenters. The van der Waals surface area contributed by atoms with Gasteiger partial charge in [0.15, 0.2) is 11.5 Å². The summed E-state index contributed by atoms with van der Waals surface area (Å²) in [5, 5.41) is 13.2. The van der Waals surface area contributed by atoms with E-state index >= 15 is 0 Å². The van der Waals surface area contributed by atoms with Crippen LogP contribution in [0.1, 0.15) is 23.3 Å². The molecule has 0 spiro atoms. The molecule has 2 aromatic rings. The first-order chi connectivity index (χ1) is 15.4. The molecule has 2 N–H and O–H groups in total. The minimum absolute atomic E-state index is 0.0986. The molecule has 174 valence electrons. The summed E-state index contributed by atoms with van der Waals surface area (Å²) >= 11 is 6.30. The summed E-state index contributed by atoms with van der Waals surface area (Å²) in [7, 11) is 5.01. The number of aliphatic hydroxyl groups excluding tert-OH is 1. The Balaban J connectivity index is 1.94. The van der Waals surface area contributed by atoms with Crippen LogP contribution in [-0.4, -0.2) is 80.8 Å². The van der Waals surface area contributed by atoms with Crippen LogP contribution in [0.15, 0.2) is 24.3 Å². The fourth-order valence-corrected chi connectivity index (χ4v) is 3.70. The van der Waals surface area contributed by atoms with Gasteiger partial charge in [0.05, 0.1) is 7.11 Å². The summed E-state index contributed by atoms with van der Waals surface area (Å²) in [5.41, 5.74) is 0.737. The van der Waals surface area contributed by atoms with Crippen molar-refractivity contribution in [2.24, 2.45) is 0 Å². The minimum atomic E-state index is -0.666. The van der Waals surface area contributed by atoms with Gasteiger partial charge in [0.25, 0.3) is 0 Å². The molecule has 10 heteroatoms. The number of nitrogens with zero attached hydrogens (tertiary/aromatic N) is 3. The van der Waals surface area contributed by atoms with Gasteiger partial charge in [-0.15, -0.1) is 0 Å². The number of nitrogens with one attached hydrogen (secondary N) is 1. The van der Waals surface area contributed by atoms with Crippen molar-refractivity contribution in [3.63, 3.8) is 0 Å². The summed E-state index contributed by atoms with van der Waals surface area (Å²) in [6.45, 7) is 1.87. The Morgan fingerprint density at radius 3 is 2.75 bits per heavy atom. The van der Waals surface area contributed by atoms with Crippen molar-refractivity contribution in [2.45, 2.75) is 25.0 Å². The van der Waals surface area contributed by atoms with Crippen molar-refractivity contribution >= 4 is 23.4 Å². The maximum absolute atomic E-state index is 12.3. The molecule has 1 atom stereocenters. The molecule has 0 aliphatic carbocycles. The molecule has 2 heterocycles. The van der Waals surface area contributed by atoms with Gasteiger partial charge in [-0.1, -0.05) is 11.6 Å². The van der Waals surface area contributed by atoms with Gasteiger partial charge in [-0.3, -0.25) is 0 Å². The maximum atomic E-state index is 12.3. The zero-order chi connectivity index (χ0) is 23.1. The number of esters is 1. The van der Waals surface area contributed by atoms with Crippen LogP contribution in [0.3, 0.4) is 0 Å². The van der Waals surface area contributed by atoms with Crippen LogP contribution < -0.4 is 15.0 Å². The van der Waals surface area contributed by atoms with Gasteiger partial charge in [-0.2, -0.15) is 0 Å². The van der Waals surface area contributed by atoms with Crippen LogP contribution in [0, 0.1) is 0 Å². The molecule has 0 radical (unpaired) electrons. The van der Waals surface area contributed by atoms with E-state index in [1.54, 1.807) is 31.3 Å². The highest BCUT2D eigenvalue weighted by Gasteiger charge is 2.23. The summed E-state index contributed by atoms with van der Waals surface area (Å²) in [5.74, 6) is 0.845. The number of ether oxygens (including phenoxy) is 3. The first-order valence-corrected chi connectivity index (χ1v) is 10.8. The second-order valence-electron chi connectivity index (χ2n) is 7.58. The lowest BCUT2D eigenvalue weighted by molar-refractivity contribution is 0.0593. The highest BCUT2D eigenvalue weighted by atomic mass is 35.5. The Kier molecular flexibility index (Phi) is 8.63. The van der Waals surface area contributed by atoms with E-state index in [-0.39, 0.29) is 18.3 Å². The molecule has 0 amide bonds. The number of halogens is 1. The normalized spacial score (nSPS) is 15.3. The molecular weight excluding hydrogens is 436 g/mol. The Morgan fingerprint density at radius 2 is 2.06 bits per heavy atom. The smallest absolute Gasteiger partial charge is 0.356 e. The van der Waals surface area contributed by atoms with Crippen molar-refractivity contribution in [3.05, 3.63) is 35.0 Å².